The van der Waals surface area contributed by atoms with Crippen molar-refractivity contribution >= 4 is 0 Å². The molecule has 30 heavy (non-hydrogen) atoms. The zero-order valence-corrected chi connectivity index (χ0v) is 17.6. The van der Waals surface area contributed by atoms with Gasteiger partial charge in [-0.25, -0.2) is 0 Å². The molecule has 1 N–H and O–H groups in total. The summed E-state index contributed by atoms with van der Waals surface area (Å²) in [7, 11) is 3.30. The highest BCUT2D eigenvalue weighted by Gasteiger charge is 2.48. The quantitative estimate of drug-likeness (QED) is 0.709. The topological polar surface area (TPSA) is 51.2 Å². The summed E-state index contributed by atoms with van der Waals surface area (Å²) in [5.74, 6) is 4.65. The predicted molar refractivity (Wildman–Crippen MR) is 116 cm³/mol. The van der Waals surface area contributed by atoms with Crippen LogP contribution in [-0.4, -0.2) is 42.9 Å². The number of rotatable bonds is 7. The highest BCUT2D eigenvalue weighted by atomic mass is 16.5. The summed E-state index contributed by atoms with van der Waals surface area (Å²) in [6.45, 7) is 1.05. The number of benzene rings is 2. The van der Waals surface area contributed by atoms with Crippen molar-refractivity contribution in [3.8, 4) is 29.6 Å². The third-order valence-electron chi connectivity index (χ3n) is 6.45. The molecule has 2 saturated heterocycles. The number of ether oxygens (including phenoxy) is 3. The number of hydrogen-bond donors (Lipinski definition) is 1. The van der Waals surface area contributed by atoms with Crippen molar-refractivity contribution in [3.63, 3.8) is 0 Å². The maximum Gasteiger partial charge on any atom is 0.162 e. The van der Waals surface area contributed by atoms with Gasteiger partial charge in [0.1, 0.15) is 12.4 Å². The monoisotopic (exact) mass is 407 g/mol. The highest BCUT2D eigenvalue weighted by Crippen LogP contribution is 2.46. The van der Waals surface area contributed by atoms with Crippen molar-refractivity contribution in [1.82, 2.24) is 4.90 Å². The molecule has 5 nitrogen and oxygen atoms in total. The van der Waals surface area contributed by atoms with Gasteiger partial charge in [0.2, 0.25) is 0 Å². The molecular formula is C25H29NO4. The molecule has 0 amide bonds. The fraction of sp³-hybridized carbons (Fsp3) is 0.440. The third kappa shape index (κ3) is 3.98. The van der Waals surface area contributed by atoms with E-state index in [2.05, 4.69) is 16.9 Å². The Morgan fingerprint density at radius 3 is 2.33 bits per heavy atom. The van der Waals surface area contributed by atoms with E-state index in [0.717, 1.165) is 43.5 Å². The maximum absolute atomic E-state index is 11.5. The van der Waals surface area contributed by atoms with Gasteiger partial charge in [-0.1, -0.05) is 24.1 Å². The first-order valence-electron chi connectivity index (χ1n) is 10.4. The van der Waals surface area contributed by atoms with Crippen LogP contribution in [0.1, 0.15) is 36.8 Å². The minimum absolute atomic E-state index is 0.218. The fourth-order valence-electron chi connectivity index (χ4n) is 4.97. The van der Waals surface area contributed by atoms with Gasteiger partial charge in [-0.05, 0) is 61.1 Å². The van der Waals surface area contributed by atoms with Crippen LogP contribution in [-0.2, 0) is 12.1 Å². The number of nitrogens with zero attached hydrogens (tertiary/aromatic N) is 1. The van der Waals surface area contributed by atoms with Crippen LogP contribution in [0.25, 0.3) is 0 Å². The normalized spacial score (nSPS) is 25.5. The van der Waals surface area contributed by atoms with Crippen LogP contribution in [0.2, 0.25) is 0 Å². The second kappa shape index (κ2) is 8.59. The van der Waals surface area contributed by atoms with Crippen LogP contribution < -0.4 is 14.2 Å². The number of terminal acetylenes is 1. The van der Waals surface area contributed by atoms with E-state index in [1.165, 1.54) is 5.56 Å². The first kappa shape index (κ1) is 20.6. The van der Waals surface area contributed by atoms with E-state index in [0.29, 0.717) is 23.6 Å². The van der Waals surface area contributed by atoms with Gasteiger partial charge in [-0.15, -0.1) is 6.42 Å². The Kier molecular flexibility index (Phi) is 5.90. The van der Waals surface area contributed by atoms with Crippen LogP contribution in [0.3, 0.4) is 0 Å². The van der Waals surface area contributed by atoms with Crippen LogP contribution in [0, 0.1) is 12.3 Å². The number of methoxy groups -OCH3 is 2. The van der Waals surface area contributed by atoms with Gasteiger partial charge in [0, 0.05) is 18.6 Å². The number of fused-ring (bicyclic) bond motifs is 2. The van der Waals surface area contributed by atoms with Crippen molar-refractivity contribution in [2.75, 3.05) is 20.8 Å². The molecule has 2 fully saturated rings. The molecule has 3 atom stereocenters. The van der Waals surface area contributed by atoms with Crippen molar-refractivity contribution in [1.29, 1.82) is 0 Å². The van der Waals surface area contributed by atoms with E-state index in [9.17, 15) is 5.11 Å². The lowest BCUT2D eigenvalue weighted by Gasteiger charge is -2.44. The molecule has 0 aliphatic carbocycles. The van der Waals surface area contributed by atoms with Crippen LogP contribution in [0.4, 0.5) is 0 Å². The lowest BCUT2D eigenvalue weighted by atomic mass is 9.80. The van der Waals surface area contributed by atoms with E-state index in [1.54, 1.807) is 14.2 Å². The van der Waals surface area contributed by atoms with Crippen LogP contribution >= 0.6 is 0 Å². The summed E-state index contributed by atoms with van der Waals surface area (Å²) in [4.78, 5) is 2.54. The number of hydrogen-bond acceptors (Lipinski definition) is 5. The van der Waals surface area contributed by atoms with E-state index in [-0.39, 0.29) is 6.61 Å². The van der Waals surface area contributed by atoms with Crippen LogP contribution in [0.5, 0.6) is 17.2 Å². The minimum atomic E-state index is -0.779. The van der Waals surface area contributed by atoms with Gasteiger partial charge in [-0.3, -0.25) is 4.90 Å². The van der Waals surface area contributed by atoms with Gasteiger partial charge in [-0.2, -0.15) is 0 Å². The number of aliphatic hydroxyl groups is 1. The lowest BCUT2D eigenvalue weighted by Crippen LogP contribution is -2.49. The van der Waals surface area contributed by atoms with Crippen molar-refractivity contribution < 1.29 is 19.3 Å². The van der Waals surface area contributed by atoms with Crippen molar-refractivity contribution in [2.45, 2.75) is 49.9 Å². The van der Waals surface area contributed by atoms with E-state index < -0.39 is 5.60 Å². The van der Waals surface area contributed by atoms with Crippen molar-refractivity contribution in [2.24, 2.45) is 0 Å². The molecule has 1 unspecified atom stereocenters. The largest absolute Gasteiger partial charge is 0.497 e. The highest BCUT2D eigenvalue weighted by molar-refractivity contribution is 5.43. The molecule has 0 radical (unpaired) electrons. The average Bonchev–Trinajstić information content (AvgIpc) is 3.01. The lowest BCUT2D eigenvalue weighted by molar-refractivity contribution is -0.0595. The Hall–Kier alpha value is -2.68. The Bertz CT molecular complexity index is 904. The Morgan fingerprint density at radius 2 is 1.73 bits per heavy atom. The zero-order chi connectivity index (χ0) is 21.1. The summed E-state index contributed by atoms with van der Waals surface area (Å²) in [6.07, 6.45) is 9.01. The molecule has 0 aromatic heterocycles. The minimum Gasteiger partial charge on any atom is -0.497 e. The second-order valence-electron chi connectivity index (χ2n) is 8.20. The van der Waals surface area contributed by atoms with E-state index in [1.807, 2.05) is 36.4 Å². The molecule has 2 bridgehead atoms. The smallest absolute Gasteiger partial charge is 0.162 e. The summed E-state index contributed by atoms with van der Waals surface area (Å²) in [5, 5.41) is 11.5. The summed E-state index contributed by atoms with van der Waals surface area (Å²) >= 11 is 0. The van der Waals surface area contributed by atoms with Gasteiger partial charge >= 0.3 is 0 Å². The maximum atomic E-state index is 11.5. The summed E-state index contributed by atoms with van der Waals surface area (Å²) < 4.78 is 16.3. The fourth-order valence-corrected chi connectivity index (χ4v) is 4.97. The van der Waals surface area contributed by atoms with Gasteiger partial charge < -0.3 is 19.3 Å². The summed E-state index contributed by atoms with van der Waals surface area (Å²) in [6, 6.07) is 14.6. The third-order valence-corrected chi connectivity index (χ3v) is 6.45. The van der Waals surface area contributed by atoms with Gasteiger partial charge in [0.15, 0.2) is 11.5 Å². The zero-order valence-electron chi connectivity index (χ0n) is 17.6. The molecule has 2 aromatic carbocycles. The first-order chi connectivity index (χ1) is 14.6. The van der Waals surface area contributed by atoms with Gasteiger partial charge in [0.05, 0.1) is 19.8 Å². The second-order valence-corrected chi connectivity index (χ2v) is 8.20. The molecule has 2 heterocycles. The molecule has 2 aliphatic rings. The SMILES string of the molecule is C#CCOc1ccc(CN2[C@@H]3CC[C@H]2CC(O)(c2ccc(OC)cc2)C3)cc1OC. The number of piperidine rings is 1. The molecule has 4 rings (SSSR count). The van der Waals surface area contributed by atoms with Crippen LogP contribution in [0.15, 0.2) is 42.5 Å². The van der Waals surface area contributed by atoms with E-state index >= 15 is 0 Å². The van der Waals surface area contributed by atoms with E-state index in [4.69, 9.17) is 20.6 Å². The molecule has 0 saturated carbocycles. The van der Waals surface area contributed by atoms with Gasteiger partial charge in [0.25, 0.3) is 0 Å². The Balaban J connectivity index is 1.48. The standard InChI is InChI=1S/C25H29NO4/c1-4-13-30-23-12-5-18(14-24(23)29-3)17-26-20-8-9-21(26)16-25(27,15-20)19-6-10-22(28-2)11-7-19/h1,5-7,10-12,14,20-21,27H,8-9,13,15-17H2,2-3H3/t20-,21+,25?. The Morgan fingerprint density at radius 1 is 1.03 bits per heavy atom. The molecule has 158 valence electrons. The van der Waals surface area contributed by atoms with Crippen molar-refractivity contribution in [3.05, 3.63) is 53.6 Å². The Labute approximate surface area is 178 Å². The molecule has 2 aromatic rings. The predicted octanol–water partition coefficient (Wildman–Crippen LogP) is 3.73. The average molecular weight is 408 g/mol. The molecule has 2 aliphatic heterocycles. The molecule has 0 spiro atoms. The first-order valence-corrected chi connectivity index (χ1v) is 10.4. The molecule has 5 heteroatoms. The summed E-state index contributed by atoms with van der Waals surface area (Å²) in [5.41, 5.74) is 1.38. The molecular weight excluding hydrogens is 378 g/mol.